The molecule has 1 fully saturated rings. The van der Waals surface area contributed by atoms with Gasteiger partial charge in [0, 0.05) is 47.8 Å². The van der Waals surface area contributed by atoms with E-state index in [1.165, 1.54) is 28.6 Å². The number of halogens is 1. The van der Waals surface area contributed by atoms with Gasteiger partial charge in [-0.15, -0.1) is 0 Å². The maximum atomic E-state index is 13.0. The zero-order valence-corrected chi connectivity index (χ0v) is 17.7. The second kappa shape index (κ2) is 7.63. The molecule has 0 bridgehead atoms. The van der Waals surface area contributed by atoms with Gasteiger partial charge in [0.05, 0.1) is 22.1 Å². The smallest absolute Gasteiger partial charge is 0.256 e. The lowest BCUT2D eigenvalue weighted by Gasteiger charge is -2.34. The Bertz CT molecular complexity index is 1220. The minimum atomic E-state index is -3.66. The second-order valence-corrected chi connectivity index (χ2v) is 9.58. The monoisotopic (exact) mass is 472 g/mol. The number of benzene rings is 2. The molecule has 2 aromatic carbocycles. The number of nitrogens with one attached hydrogen (secondary N) is 1. The molecule has 0 radical (unpaired) electrons. The van der Waals surface area contributed by atoms with Gasteiger partial charge in [0.15, 0.2) is 0 Å². The number of carbonyl (C=O) groups excluding carboxylic acids is 1. The average molecular weight is 473 g/mol. The van der Waals surface area contributed by atoms with Crippen LogP contribution in [0, 0.1) is 11.3 Å². The molecule has 1 aliphatic heterocycles. The van der Waals surface area contributed by atoms with Crippen LogP contribution in [-0.2, 0) is 10.0 Å². The van der Waals surface area contributed by atoms with Crippen LogP contribution in [0.4, 0.5) is 0 Å². The SMILES string of the molecule is N#Cc1ccc(S(=O)(=O)N2CCN(C(=O)c3c[nH]c4ccc(Br)cc34)CC2)cc1. The lowest BCUT2D eigenvalue weighted by Crippen LogP contribution is -2.50. The molecule has 0 aliphatic carbocycles. The molecule has 148 valence electrons. The van der Waals surface area contributed by atoms with Crippen molar-refractivity contribution in [2.75, 3.05) is 26.2 Å². The summed E-state index contributed by atoms with van der Waals surface area (Å²) in [6.45, 7) is 1.07. The first kappa shape index (κ1) is 19.6. The van der Waals surface area contributed by atoms with Gasteiger partial charge in [-0.3, -0.25) is 4.79 Å². The normalized spacial score (nSPS) is 15.4. The van der Waals surface area contributed by atoms with E-state index in [1.807, 2.05) is 24.3 Å². The lowest BCUT2D eigenvalue weighted by atomic mass is 10.1. The van der Waals surface area contributed by atoms with Crippen molar-refractivity contribution >= 4 is 42.8 Å². The fourth-order valence-corrected chi connectivity index (χ4v) is 5.21. The van der Waals surface area contributed by atoms with Gasteiger partial charge in [0.25, 0.3) is 5.91 Å². The molecule has 3 aromatic rings. The fraction of sp³-hybridized carbons (Fsp3) is 0.200. The molecule has 0 spiro atoms. The van der Waals surface area contributed by atoms with Crippen molar-refractivity contribution in [2.45, 2.75) is 4.90 Å². The molecular weight excluding hydrogens is 456 g/mol. The minimum Gasteiger partial charge on any atom is -0.360 e. The Balaban J connectivity index is 1.49. The number of H-pyrrole nitrogens is 1. The number of hydrogen-bond donors (Lipinski definition) is 1. The van der Waals surface area contributed by atoms with E-state index in [9.17, 15) is 13.2 Å². The molecule has 1 aliphatic rings. The van der Waals surface area contributed by atoms with Crippen LogP contribution in [0.15, 0.2) is 58.0 Å². The number of nitrogens with zero attached hydrogens (tertiary/aromatic N) is 3. The Morgan fingerprint density at radius 2 is 1.76 bits per heavy atom. The zero-order chi connectivity index (χ0) is 20.6. The minimum absolute atomic E-state index is 0.121. The van der Waals surface area contributed by atoms with E-state index in [-0.39, 0.29) is 23.9 Å². The highest BCUT2D eigenvalue weighted by Gasteiger charge is 2.31. The molecule has 1 amide bonds. The van der Waals surface area contributed by atoms with E-state index in [0.717, 1.165) is 15.4 Å². The molecule has 9 heteroatoms. The average Bonchev–Trinajstić information content (AvgIpc) is 3.16. The summed E-state index contributed by atoms with van der Waals surface area (Å²) in [5.41, 5.74) is 1.85. The third-order valence-electron chi connectivity index (χ3n) is 5.02. The van der Waals surface area contributed by atoms with Gasteiger partial charge in [-0.25, -0.2) is 8.42 Å². The van der Waals surface area contributed by atoms with Crippen molar-refractivity contribution in [3.63, 3.8) is 0 Å². The van der Waals surface area contributed by atoms with Crippen LogP contribution in [0.25, 0.3) is 10.9 Å². The van der Waals surface area contributed by atoms with Crippen LogP contribution >= 0.6 is 15.9 Å². The van der Waals surface area contributed by atoms with Crippen molar-refractivity contribution in [3.8, 4) is 6.07 Å². The number of aromatic amines is 1. The van der Waals surface area contributed by atoms with Crippen LogP contribution in [0.3, 0.4) is 0 Å². The van der Waals surface area contributed by atoms with Gasteiger partial charge < -0.3 is 9.88 Å². The van der Waals surface area contributed by atoms with E-state index in [0.29, 0.717) is 24.2 Å². The first-order valence-corrected chi connectivity index (χ1v) is 11.2. The topological polar surface area (TPSA) is 97.3 Å². The van der Waals surface area contributed by atoms with Crippen molar-refractivity contribution < 1.29 is 13.2 Å². The standard InChI is InChI=1S/C20H17BrN4O3S/c21-15-3-6-19-17(11-15)18(13-23-19)20(26)24-7-9-25(10-8-24)29(27,28)16-4-1-14(12-22)2-5-16/h1-6,11,13,23H,7-10H2. The summed E-state index contributed by atoms with van der Waals surface area (Å²) in [7, 11) is -3.66. The van der Waals surface area contributed by atoms with Crippen molar-refractivity contribution in [1.29, 1.82) is 5.26 Å². The number of amides is 1. The van der Waals surface area contributed by atoms with Crippen LogP contribution in [-0.4, -0.2) is 54.7 Å². The number of aromatic nitrogens is 1. The molecule has 2 heterocycles. The molecular formula is C20H17BrN4O3S. The highest BCUT2D eigenvalue weighted by molar-refractivity contribution is 9.10. The predicted octanol–water partition coefficient (Wildman–Crippen LogP) is 2.95. The Hall–Kier alpha value is -2.67. The van der Waals surface area contributed by atoms with Gasteiger partial charge in [-0.2, -0.15) is 9.57 Å². The number of nitriles is 1. The predicted molar refractivity (Wildman–Crippen MR) is 112 cm³/mol. The summed E-state index contributed by atoms with van der Waals surface area (Å²) >= 11 is 3.43. The lowest BCUT2D eigenvalue weighted by molar-refractivity contribution is 0.0700. The fourth-order valence-electron chi connectivity index (χ4n) is 3.42. The molecule has 4 rings (SSSR count). The number of hydrogen-bond acceptors (Lipinski definition) is 4. The van der Waals surface area contributed by atoms with Gasteiger partial charge in [0.2, 0.25) is 10.0 Å². The number of piperazine rings is 1. The van der Waals surface area contributed by atoms with Gasteiger partial charge in [-0.05, 0) is 42.5 Å². The Labute approximate surface area is 176 Å². The maximum Gasteiger partial charge on any atom is 0.256 e. The number of rotatable bonds is 3. The molecule has 7 nitrogen and oxygen atoms in total. The molecule has 0 unspecified atom stereocenters. The molecule has 1 aromatic heterocycles. The third-order valence-corrected chi connectivity index (χ3v) is 7.43. The molecule has 0 atom stereocenters. The van der Waals surface area contributed by atoms with E-state index >= 15 is 0 Å². The van der Waals surface area contributed by atoms with E-state index < -0.39 is 10.0 Å². The number of carbonyl (C=O) groups is 1. The molecule has 29 heavy (non-hydrogen) atoms. The van der Waals surface area contributed by atoms with Crippen molar-refractivity contribution in [2.24, 2.45) is 0 Å². The summed E-state index contributed by atoms with van der Waals surface area (Å²) in [5, 5.41) is 9.70. The molecule has 0 saturated carbocycles. The van der Waals surface area contributed by atoms with E-state index in [2.05, 4.69) is 20.9 Å². The number of fused-ring (bicyclic) bond motifs is 1. The van der Waals surface area contributed by atoms with Gasteiger partial charge >= 0.3 is 0 Å². The summed E-state index contributed by atoms with van der Waals surface area (Å²) in [6, 6.07) is 13.5. The molecule has 1 saturated heterocycles. The quantitative estimate of drug-likeness (QED) is 0.633. The summed E-state index contributed by atoms with van der Waals surface area (Å²) in [6.07, 6.45) is 1.69. The first-order chi connectivity index (χ1) is 13.9. The van der Waals surface area contributed by atoms with Crippen LogP contribution in [0.1, 0.15) is 15.9 Å². The molecule has 1 N–H and O–H groups in total. The number of sulfonamides is 1. The van der Waals surface area contributed by atoms with E-state index in [4.69, 9.17) is 5.26 Å². The Morgan fingerprint density at radius 3 is 2.41 bits per heavy atom. The van der Waals surface area contributed by atoms with Gasteiger partial charge in [-0.1, -0.05) is 15.9 Å². The van der Waals surface area contributed by atoms with Crippen molar-refractivity contribution in [3.05, 3.63) is 64.3 Å². The van der Waals surface area contributed by atoms with Crippen LogP contribution in [0.5, 0.6) is 0 Å². The Kier molecular flexibility index (Phi) is 5.17. The third kappa shape index (κ3) is 3.67. The highest BCUT2D eigenvalue weighted by Crippen LogP contribution is 2.25. The first-order valence-electron chi connectivity index (χ1n) is 8.96. The highest BCUT2D eigenvalue weighted by atomic mass is 79.9. The van der Waals surface area contributed by atoms with Gasteiger partial charge in [0.1, 0.15) is 0 Å². The maximum absolute atomic E-state index is 13.0. The second-order valence-electron chi connectivity index (χ2n) is 6.72. The summed E-state index contributed by atoms with van der Waals surface area (Å²) in [5.74, 6) is -0.121. The van der Waals surface area contributed by atoms with Crippen LogP contribution in [0.2, 0.25) is 0 Å². The van der Waals surface area contributed by atoms with Crippen LogP contribution < -0.4 is 0 Å². The summed E-state index contributed by atoms with van der Waals surface area (Å²) in [4.78, 5) is 17.9. The largest absolute Gasteiger partial charge is 0.360 e. The summed E-state index contributed by atoms with van der Waals surface area (Å²) < 4.78 is 27.9. The van der Waals surface area contributed by atoms with Crippen molar-refractivity contribution in [1.82, 2.24) is 14.2 Å². The Morgan fingerprint density at radius 1 is 1.07 bits per heavy atom. The van der Waals surface area contributed by atoms with E-state index in [1.54, 1.807) is 11.1 Å². The zero-order valence-electron chi connectivity index (χ0n) is 15.3.